The maximum Gasteiger partial charge on any atom is 0.163 e. The van der Waals surface area contributed by atoms with Crippen LogP contribution >= 0.6 is 0 Å². The van der Waals surface area contributed by atoms with Crippen LogP contribution in [0.5, 0.6) is 0 Å². The Morgan fingerprint density at radius 2 is 1.37 bits per heavy atom. The highest BCUT2D eigenvalue weighted by atomic mass is 16.6. The van der Waals surface area contributed by atoms with E-state index in [1.54, 1.807) is 7.11 Å². The molecule has 4 heteroatoms. The molecule has 0 spiro atoms. The third-order valence-corrected chi connectivity index (χ3v) is 6.43. The number of para-hydroxylation sites is 2. The lowest BCUT2D eigenvalue weighted by Gasteiger charge is -2.20. The Labute approximate surface area is 155 Å². The molecule has 2 aliphatic heterocycles. The van der Waals surface area contributed by atoms with Crippen LogP contribution in [0.2, 0.25) is 0 Å². The Hall–Kier alpha value is -2.82. The second-order valence-corrected chi connectivity index (χ2v) is 7.62. The van der Waals surface area contributed by atoms with Crippen molar-refractivity contribution in [1.82, 2.24) is 9.13 Å². The maximum atomic E-state index is 6.62. The number of rotatable bonds is 1. The largest absolute Gasteiger partial charge is 0.377 e. The zero-order valence-electron chi connectivity index (χ0n) is 14.9. The predicted octanol–water partition coefficient (Wildman–Crippen LogP) is 5.35. The monoisotopic (exact) mass is 354 g/mol. The maximum absolute atomic E-state index is 6.62. The lowest BCUT2D eigenvalue weighted by atomic mass is 10.1. The van der Waals surface area contributed by atoms with Gasteiger partial charge in [-0.25, -0.2) is 0 Å². The van der Waals surface area contributed by atoms with Crippen LogP contribution in [0.4, 0.5) is 0 Å². The van der Waals surface area contributed by atoms with Crippen molar-refractivity contribution < 1.29 is 9.47 Å². The van der Waals surface area contributed by atoms with E-state index in [0.717, 1.165) is 6.42 Å². The molecule has 3 atom stereocenters. The van der Waals surface area contributed by atoms with Crippen molar-refractivity contribution in [2.45, 2.75) is 25.0 Å². The molecular formula is C23H18N2O2. The van der Waals surface area contributed by atoms with Crippen molar-refractivity contribution in [3.63, 3.8) is 0 Å². The topological polar surface area (TPSA) is 28.3 Å². The second kappa shape index (κ2) is 4.71. The first-order valence-corrected chi connectivity index (χ1v) is 9.49. The Bertz CT molecular complexity index is 1390. The molecule has 7 rings (SSSR count). The molecule has 0 unspecified atom stereocenters. The van der Waals surface area contributed by atoms with Crippen LogP contribution in [0.3, 0.4) is 0 Å². The van der Waals surface area contributed by atoms with Crippen molar-refractivity contribution >= 4 is 43.6 Å². The lowest BCUT2D eigenvalue weighted by molar-refractivity contribution is -0.0597. The van der Waals surface area contributed by atoms with Crippen LogP contribution in [0.15, 0.2) is 60.7 Å². The molecule has 2 bridgehead atoms. The quantitative estimate of drug-likeness (QED) is 0.406. The minimum atomic E-state index is -0.105. The van der Waals surface area contributed by atoms with Crippen molar-refractivity contribution in [3.05, 3.63) is 60.7 Å². The summed E-state index contributed by atoms with van der Waals surface area (Å²) in [5.74, 6) is 0. The van der Waals surface area contributed by atoms with Gasteiger partial charge in [0, 0.05) is 35.1 Å². The van der Waals surface area contributed by atoms with Crippen molar-refractivity contribution in [3.8, 4) is 0 Å². The Balaban J connectivity index is 1.82. The van der Waals surface area contributed by atoms with Gasteiger partial charge in [0.1, 0.15) is 12.3 Å². The number of ether oxygens (including phenoxy) is 2. The minimum absolute atomic E-state index is 0.00777. The summed E-state index contributed by atoms with van der Waals surface area (Å²) in [7, 11) is 1.79. The van der Waals surface area contributed by atoms with Crippen LogP contribution in [0, 0.1) is 0 Å². The van der Waals surface area contributed by atoms with Crippen LogP contribution in [-0.2, 0) is 9.47 Å². The zero-order chi connectivity index (χ0) is 17.7. The number of hydrogen-bond acceptors (Lipinski definition) is 2. The van der Waals surface area contributed by atoms with E-state index in [4.69, 9.17) is 9.47 Å². The third-order valence-electron chi connectivity index (χ3n) is 6.43. The van der Waals surface area contributed by atoms with Gasteiger partial charge in [0.25, 0.3) is 0 Å². The SMILES string of the molecule is CO[C@@H]1C[C@@H]2O[C@H]1n1c3ccccc3c3ccc4c5ccccc5n2c4c31. The van der Waals surface area contributed by atoms with E-state index < -0.39 is 0 Å². The molecular weight excluding hydrogens is 336 g/mol. The summed E-state index contributed by atoms with van der Waals surface area (Å²) in [5, 5.41) is 5.14. The summed E-state index contributed by atoms with van der Waals surface area (Å²) in [4.78, 5) is 0. The fourth-order valence-corrected chi connectivity index (χ4v) is 5.35. The molecule has 0 radical (unpaired) electrons. The van der Waals surface area contributed by atoms with Crippen molar-refractivity contribution in [1.29, 1.82) is 0 Å². The third kappa shape index (κ3) is 1.54. The number of nitrogens with zero attached hydrogens (tertiary/aromatic N) is 2. The van der Waals surface area contributed by atoms with E-state index in [9.17, 15) is 0 Å². The first-order chi connectivity index (χ1) is 13.4. The van der Waals surface area contributed by atoms with E-state index >= 15 is 0 Å². The minimum Gasteiger partial charge on any atom is -0.377 e. The van der Waals surface area contributed by atoms with Gasteiger partial charge in [-0.3, -0.25) is 0 Å². The van der Waals surface area contributed by atoms with Gasteiger partial charge in [0.15, 0.2) is 6.23 Å². The molecule has 5 aromatic rings. The molecule has 3 aromatic carbocycles. The Morgan fingerprint density at radius 3 is 2.04 bits per heavy atom. The lowest BCUT2D eigenvalue weighted by Crippen LogP contribution is -2.21. The number of hydrogen-bond donors (Lipinski definition) is 0. The van der Waals surface area contributed by atoms with Crippen LogP contribution in [-0.4, -0.2) is 22.3 Å². The fraction of sp³-hybridized carbons (Fsp3) is 0.217. The normalized spacial score (nSPS) is 24.0. The van der Waals surface area contributed by atoms with Gasteiger partial charge in [-0.2, -0.15) is 0 Å². The molecule has 0 amide bonds. The summed E-state index contributed by atoms with van der Waals surface area (Å²) >= 11 is 0. The standard InChI is InChI=1S/C23H18N2O2/c1-26-19-12-20-24-17-8-4-2-6-13(17)15-10-11-16-14-7-3-5-9-18(14)25(23(19)27-20)22(16)21(15)24/h2-11,19-20,23H,12H2,1H3/t19-,20+,23-/m1/s1. The van der Waals surface area contributed by atoms with Crippen molar-refractivity contribution in [2.75, 3.05) is 7.11 Å². The first kappa shape index (κ1) is 14.3. The van der Waals surface area contributed by atoms with E-state index in [0.29, 0.717) is 0 Å². The van der Waals surface area contributed by atoms with Crippen molar-refractivity contribution in [2.24, 2.45) is 0 Å². The van der Waals surface area contributed by atoms with Gasteiger partial charge >= 0.3 is 0 Å². The molecule has 132 valence electrons. The summed E-state index contributed by atoms with van der Waals surface area (Å²) in [6.07, 6.45) is 0.786. The summed E-state index contributed by atoms with van der Waals surface area (Å²) < 4.78 is 17.3. The smallest absolute Gasteiger partial charge is 0.163 e. The molecule has 1 fully saturated rings. The van der Waals surface area contributed by atoms with Gasteiger partial charge in [0.2, 0.25) is 0 Å². The average Bonchev–Trinajstić information content (AvgIpc) is 3.33. The van der Waals surface area contributed by atoms with E-state index in [1.807, 2.05) is 0 Å². The molecule has 1 saturated heterocycles. The second-order valence-electron chi connectivity index (χ2n) is 7.62. The number of fused-ring (bicyclic) bond motifs is 10. The summed E-state index contributed by atoms with van der Waals surface area (Å²) in [6, 6.07) is 21.8. The summed E-state index contributed by atoms with van der Waals surface area (Å²) in [6.45, 7) is 0. The molecule has 27 heavy (non-hydrogen) atoms. The highest BCUT2D eigenvalue weighted by molar-refractivity contribution is 6.22. The molecule has 0 saturated carbocycles. The van der Waals surface area contributed by atoms with E-state index in [-0.39, 0.29) is 18.6 Å². The van der Waals surface area contributed by atoms with Gasteiger partial charge in [-0.1, -0.05) is 48.5 Å². The van der Waals surface area contributed by atoms with Gasteiger partial charge in [-0.05, 0) is 12.1 Å². The predicted molar refractivity (Wildman–Crippen MR) is 107 cm³/mol. The number of benzene rings is 3. The molecule has 2 aromatic heterocycles. The Kier molecular flexibility index (Phi) is 2.49. The van der Waals surface area contributed by atoms with Crippen LogP contribution < -0.4 is 0 Å². The molecule has 0 aliphatic carbocycles. The first-order valence-electron chi connectivity index (χ1n) is 9.49. The van der Waals surface area contributed by atoms with Gasteiger partial charge in [-0.15, -0.1) is 0 Å². The zero-order valence-corrected chi connectivity index (χ0v) is 14.9. The molecule has 4 heterocycles. The van der Waals surface area contributed by atoms with Gasteiger partial charge < -0.3 is 18.6 Å². The number of methoxy groups -OCH3 is 1. The van der Waals surface area contributed by atoms with E-state index in [2.05, 4.69) is 69.8 Å². The fourth-order valence-electron chi connectivity index (χ4n) is 5.35. The van der Waals surface area contributed by atoms with E-state index in [1.165, 1.54) is 43.6 Å². The molecule has 4 nitrogen and oxygen atoms in total. The highest BCUT2D eigenvalue weighted by Crippen LogP contribution is 2.50. The summed E-state index contributed by atoms with van der Waals surface area (Å²) in [5.41, 5.74) is 5.00. The highest BCUT2D eigenvalue weighted by Gasteiger charge is 2.42. The Morgan fingerprint density at radius 1 is 0.778 bits per heavy atom. The van der Waals surface area contributed by atoms with Crippen LogP contribution in [0.25, 0.3) is 43.6 Å². The number of aromatic nitrogens is 2. The van der Waals surface area contributed by atoms with Crippen LogP contribution in [0.1, 0.15) is 18.9 Å². The average molecular weight is 354 g/mol. The van der Waals surface area contributed by atoms with Gasteiger partial charge in [0.05, 0.1) is 22.1 Å². The molecule has 0 N–H and O–H groups in total. The molecule has 2 aliphatic rings.